The molecule has 0 saturated heterocycles. The Morgan fingerprint density at radius 2 is 1.70 bits per heavy atom. The van der Waals surface area contributed by atoms with Crippen LogP contribution in [0.25, 0.3) is 16.6 Å². The van der Waals surface area contributed by atoms with Gasteiger partial charge >= 0.3 is 0 Å². The number of fused-ring (bicyclic) bond motifs is 1. The SMILES string of the molecule is COc1cccc(C(=O)CSc2nc3ccccc3c(=O)n2-c2ccc(OC)c(OC)c2)c1. The fourth-order valence-electron chi connectivity index (χ4n) is 3.41. The monoisotopic (exact) mass is 462 g/mol. The number of ether oxygens (including phenoxy) is 3. The molecule has 0 aliphatic heterocycles. The van der Waals surface area contributed by atoms with Gasteiger partial charge in [0.1, 0.15) is 5.75 Å². The number of carbonyl (C=O) groups excluding carboxylic acids is 1. The van der Waals surface area contributed by atoms with E-state index >= 15 is 0 Å². The lowest BCUT2D eigenvalue weighted by molar-refractivity contribution is 0.102. The number of methoxy groups -OCH3 is 3. The number of nitrogens with zero attached hydrogens (tertiary/aromatic N) is 2. The van der Waals surface area contributed by atoms with Gasteiger partial charge in [0.15, 0.2) is 22.4 Å². The number of Topliss-reactive ketones (excluding diaryl/α,β-unsaturated/α-hetero) is 1. The lowest BCUT2D eigenvalue weighted by Crippen LogP contribution is -2.22. The maximum atomic E-state index is 13.4. The maximum absolute atomic E-state index is 13.4. The summed E-state index contributed by atoms with van der Waals surface area (Å²) in [5.41, 5.74) is 1.43. The number of aromatic nitrogens is 2. The van der Waals surface area contributed by atoms with Crippen LogP contribution in [0.2, 0.25) is 0 Å². The molecule has 7 nitrogen and oxygen atoms in total. The standard InChI is InChI=1S/C25H22N2O5S/c1-30-18-8-6-7-16(13-18)21(28)15-33-25-26-20-10-5-4-9-19(20)24(29)27(25)17-11-12-22(31-2)23(14-17)32-3/h4-14H,15H2,1-3H3. The Bertz CT molecular complexity index is 1380. The number of thioether (sulfide) groups is 1. The number of benzene rings is 3. The number of ketones is 1. The van der Waals surface area contributed by atoms with Crippen LogP contribution in [0.1, 0.15) is 10.4 Å². The molecule has 0 aliphatic rings. The van der Waals surface area contributed by atoms with Gasteiger partial charge in [-0.3, -0.25) is 14.2 Å². The van der Waals surface area contributed by atoms with Gasteiger partial charge < -0.3 is 14.2 Å². The largest absolute Gasteiger partial charge is 0.497 e. The lowest BCUT2D eigenvalue weighted by Gasteiger charge is -2.15. The van der Waals surface area contributed by atoms with Gasteiger partial charge in [-0.05, 0) is 36.4 Å². The van der Waals surface area contributed by atoms with Crippen LogP contribution in [0.5, 0.6) is 17.2 Å². The van der Waals surface area contributed by atoms with Crippen LogP contribution < -0.4 is 19.8 Å². The predicted octanol–water partition coefficient (Wildman–Crippen LogP) is 4.39. The fraction of sp³-hybridized carbons (Fsp3) is 0.160. The second-order valence-electron chi connectivity index (χ2n) is 7.04. The molecule has 0 N–H and O–H groups in total. The highest BCUT2D eigenvalue weighted by molar-refractivity contribution is 7.99. The Balaban J connectivity index is 1.77. The van der Waals surface area contributed by atoms with Crippen molar-refractivity contribution in [3.8, 4) is 22.9 Å². The van der Waals surface area contributed by atoms with Gasteiger partial charge in [-0.15, -0.1) is 0 Å². The van der Waals surface area contributed by atoms with Gasteiger partial charge in [-0.1, -0.05) is 36.0 Å². The molecule has 0 fully saturated rings. The minimum Gasteiger partial charge on any atom is -0.497 e. The van der Waals surface area contributed by atoms with Crippen molar-refractivity contribution >= 4 is 28.4 Å². The average Bonchev–Trinajstić information content (AvgIpc) is 2.87. The highest BCUT2D eigenvalue weighted by Gasteiger charge is 2.17. The summed E-state index contributed by atoms with van der Waals surface area (Å²) in [6.45, 7) is 0. The second kappa shape index (κ2) is 9.79. The first-order valence-corrected chi connectivity index (χ1v) is 11.1. The van der Waals surface area contributed by atoms with Gasteiger partial charge in [0.2, 0.25) is 0 Å². The summed E-state index contributed by atoms with van der Waals surface area (Å²) in [7, 11) is 4.64. The van der Waals surface area contributed by atoms with E-state index in [1.807, 2.05) is 6.07 Å². The number of carbonyl (C=O) groups is 1. The Morgan fingerprint density at radius 1 is 0.909 bits per heavy atom. The molecule has 0 unspecified atom stereocenters. The van der Waals surface area contributed by atoms with E-state index < -0.39 is 0 Å². The van der Waals surface area contributed by atoms with Crippen LogP contribution >= 0.6 is 11.8 Å². The summed E-state index contributed by atoms with van der Waals surface area (Å²) in [6.07, 6.45) is 0. The smallest absolute Gasteiger partial charge is 0.266 e. The van der Waals surface area contributed by atoms with Gasteiger partial charge in [0.05, 0.1) is 43.7 Å². The van der Waals surface area contributed by atoms with Crippen molar-refractivity contribution in [3.63, 3.8) is 0 Å². The minimum absolute atomic E-state index is 0.0971. The summed E-state index contributed by atoms with van der Waals surface area (Å²) >= 11 is 1.20. The molecule has 168 valence electrons. The normalized spacial score (nSPS) is 10.8. The molecular formula is C25H22N2O5S. The molecule has 0 spiro atoms. The molecule has 0 amide bonds. The molecule has 0 bridgehead atoms. The van der Waals surface area contributed by atoms with E-state index in [9.17, 15) is 9.59 Å². The molecule has 0 saturated carbocycles. The third-order valence-corrected chi connectivity index (χ3v) is 6.03. The van der Waals surface area contributed by atoms with Crippen LogP contribution in [0.15, 0.2) is 76.7 Å². The van der Waals surface area contributed by atoms with E-state index in [2.05, 4.69) is 4.98 Å². The van der Waals surface area contributed by atoms with E-state index in [-0.39, 0.29) is 17.1 Å². The first-order chi connectivity index (χ1) is 16.0. The third kappa shape index (κ3) is 4.56. The summed E-state index contributed by atoms with van der Waals surface area (Å²) in [6, 6.07) is 19.3. The van der Waals surface area contributed by atoms with Crippen molar-refractivity contribution in [1.82, 2.24) is 9.55 Å². The molecule has 0 aliphatic carbocycles. The van der Waals surface area contributed by atoms with E-state index in [1.165, 1.54) is 23.4 Å². The van der Waals surface area contributed by atoms with Crippen molar-refractivity contribution in [3.05, 3.63) is 82.6 Å². The predicted molar refractivity (Wildman–Crippen MR) is 128 cm³/mol. The van der Waals surface area contributed by atoms with Crippen LogP contribution in [-0.4, -0.2) is 42.4 Å². The van der Waals surface area contributed by atoms with Crippen LogP contribution in [0, 0.1) is 0 Å². The summed E-state index contributed by atoms with van der Waals surface area (Å²) in [5, 5.41) is 0.887. The molecule has 0 atom stereocenters. The first kappa shape index (κ1) is 22.4. The highest BCUT2D eigenvalue weighted by atomic mass is 32.2. The Hall–Kier alpha value is -3.78. The second-order valence-corrected chi connectivity index (χ2v) is 7.98. The van der Waals surface area contributed by atoms with Gasteiger partial charge in [-0.2, -0.15) is 0 Å². The minimum atomic E-state index is -0.232. The number of para-hydroxylation sites is 1. The molecular weight excluding hydrogens is 440 g/mol. The number of hydrogen-bond donors (Lipinski definition) is 0. The Kier molecular flexibility index (Phi) is 6.65. The molecule has 1 heterocycles. The van der Waals surface area contributed by atoms with Gasteiger partial charge in [-0.25, -0.2) is 4.98 Å². The Morgan fingerprint density at radius 3 is 2.45 bits per heavy atom. The van der Waals surface area contributed by atoms with Crippen LogP contribution in [0.4, 0.5) is 0 Å². The topological polar surface area (TPSA) is 79.7 Å². The van der Waals surface area contributed by atoms with E-state index in [0.29, 0.717) is 44.6 Å². The quantitative estimate of drug-likeness (QED) is 0.218. The van der Waals surface area contributed by atoms with E-state index in [0.717, 1.165) is 0 Å². The summed E-state index contributed by atoms with van der Waals surface area (Å²) < 4.78 is 17.4. The van der Waals surface area contributed by atoms with Crippen LogP contribution in [-0.2, 0) is 0 Å². The van der Waals surface area contributed by atoms with Crippen molar-refractivity contribution in [2.75, 3.05) is 27.1 Å². The molecule has 0 radical (unpaired) electrons. The Labute approximate surface area is 194 Å². The zero-order valence-corrected chi connectivity index (χ0v) is 19.2. The summed E-state index contributed by atoms with van der Waals surface area (Å²) in [4.78, 5) is 31.0. The van der Waals surface area contributed by atoms with Crippen LogP contribution in [0.3, 0.4) is 0 Å². The molecule has 4 rings (SSSR count). The molecule has 8 heteroatoms. The lowest BCUT2D eigenvalue weighted by atomic mass is 10.1. The maximum Gasteiger partial charge on any atom is 0.266 e. The van der Waals surface area contributed by atoms with Crippen molar-refractivity contribution in [2.24, 2.45) is 0 Å². The first-order valence-electron chi connectivity index (χ1n) is 10.1. The zero-order chi connectivity index (χ0) is 23.4. The number of rotatable bonds is 8. The van der Waals surface area contributed by atoms with Crippen molar-refractivity contribution < 1.29 is 19.0 Å². The number of hydrogen-bond acceptors (Lipinski definition) is 7. The van der Waals surface area contributed by atoms with E-state index in [1.54, 1.807) is 74.9 Å². The van der Waals surface area contributed by atoms with Gasteiger partial charge in [0, 0.05) is 11.6 Å². The summed E-state index contributed by atoms with van der Waals surface area (Å²) in [5.74, 6) is 1.65. The average molecular weight is 463 g/mol. The highest BCUT2D eigenvalue weighted by Crippen LogP contribution is 2.31. The molecule has 1 aromatic heterocycles. The molecule has 3 aromatic carbocycles. The molecule has 4 aromatic rings. The van der Waals surface area contributed by atoms with Crippen molar-refractivity contribution in [1.29, 1.82) is 0 Å². The van der Waals surface area contributed by atoms with Crippen molar-refractivity contribution in [2.45, 2.75) is 5.16 Å². The molecule has 33 heavy (non-hydrogen) atoms. The zero-order valence-electron chi connectivity index (χ0n) is 18.4. The van der Waals surface area contributed by atoms with E-state index in [4.69, 9.17) is 14.2 Å². The third-order valence-electron chi connectivity index (χ3n) is 5.09. The fourth-order valence-corrected chi connectivity index (χ4v) is 4.32. The van der Waals surface area contributed by atoms with Gasteiger partial charge in [0.25, 0.3) is 5.56 Å².